The van der Waals surface area contributed by atoms with Crippen molar-refractivity contribution in [2.24, 2.45) is 0 Å². The highest BCUT2D eigenvalue weighted by Crippen LogP contribution is 2.18. The Morgan fingerprint density at radius 1 is 1.12 bits per heavy atom. The van der Waals surface area contributed by atoms with E-state index in [0.717, 1.165) is 11.9 Å². The van der Waals surface area contributed by atoms with Crippen molar-refractivity contribution in [2.45, 2.75) is 11.8 Å². The molecular formula is C17H16N4O3S. The second kappa shape index (κ2) is 6.48. The van der Waals surface area contributed by atoms with Crippen LogP contribution in [0.3, 0.4) is 0 Å². The number of aryl methyl sites for hydroxylation is 1. The quantitative estimate of drug-likeness (QED) is 0.774. The molecule has 1 heterocycles. The third-order valence-corrected chi connectivity index (χ3v) is 4.80. The highest BCUT2D eigenvalue weighted by atomic mass is 32.2. The molecular weight excluding hydrogens is 340 g/mol. The minimum absolute atomic E-state index is 0.116. The summed E-state index contributed by atoms with van der Waals surface area (Å²) >= 11 is 0. The number of carbonyl (C=O) groups is 1. The first-order valence-corrected chi connectivity index (χ1v) is 9.31. The van der Waals surface area contributed by atoms with Crippen molar-refractivity contribution >= 4 is 21.4 Å². The van der Waals surface area contributed by atoms with Crippen LogP contribution >= 0.6 is 0 Å². The summed E-state index contributed by atoms with van der Waals surface area (Å²) in [5.74, 6) is -0.364. The predicted molar refractivity (Wildman–Crippen MR) is 93.6 cm³/mol. The lowest BCUT2D eigenvalue weighted by Crippen LogP contribution is -2.14. The van der Waals surface area contributed by atoms with Crippen LogP contribution in [0.25, 0.3) is 5.69 Å². The molecule has 2 aromatic carbocycles. The van der Waals surface area contributed by atoms with Crippen molar-refractivity contribution in [2.75, 3.05) is 11.6 Å². The summed E-state index contributed by atoms with van der Waals surface area (Å²) in [7, 11) is -3.37. The van der Waals surface area contributed by atoms with Crippen molar-refractivity contribution in [1.29, 1.82) is 0 Å². The number of nitrogens with one attached hydrogen (secondary N) is 1. The average molecular weight is 356 g/mol. The summed E-state index contributed by atoms with van der Waals surface area (Å²) in [5.41, 5.74) is 2.43. The third-order valence-electron chi connectivity index (χ3n) is 3.69. The van der Waals surface area contributed by atoms with Gasteiger partial charge in [-0.05, 0) is 48.9 Å². The number of sulfone groups is 1. The topological polar surface area (TPSA) is 94.0 Å². The van der Waals surface area contributed by atoms with Crippen molar-refractivity contribution in [3.8, 4) is 5.69 Å². The maximum Gasteiger partial charge on any atom is 0.255 e. The van der Waals surface area contributed by atoms with E-state index in [-0.39, 0.29) is 10.8 Å². The summed E-state index contributed by atoms with van der Waals surface area (Å²) in [6, 6.07) is 11.6. The van der Waals surface area contributed by atoms with Crippen LogP contribution in [0.4, 0.5) is 5.69 Å². The lowest BCUT2D eigenvalue weighted by atomic mass is 10.1. The number of nitrogens with zero attached hydrogens (tertiary/aromatic N) is 3. The molecule has 0 unspecified atom stereocenters. The molecule has 0 fully saturated rings. The zero-order valence-electron chi connectivity index (χ0n) is 13.7. The highest BCUT2D eigenvalue weighted by Gasteiger charge is 2.14. The molecule has 1 amide bonds. The van der Waals surface area contributed by atoms with Crippen LogP contribution < -0.4 is 5.32 Å². The first kappa shape index (κ1) is 16.8. The smallest absolute Gasteiger partial charge is 0.255 e. The lowest BCUT2D eigenvalue weighted by molar-refractivity contribution is 0.102. The molecule has 0 bridgehead atoms. The summed E-state index contributed by atoms with van der Waals surface area (Å²) in [5, 5.41) is 6.80. The van der Waals surface area contributed by atoms with Gasteiger partial charge in [-0.1, -0.05) is 6.07 Å². The van der Waals surface area contributed by atoms with Gasteiger partial charge in [0.25, 0.3) is 5.91 Å². The number of hydrogen-bond donors (Lipinski definition) is 1. The van der Waals surface area contributed by atoms with Crippen LogP contribution in [0.15, 0.2) is 60.0 Å². The van der Waals surface area contributed by atoms with Gasteiger partial charge in [0.1, 0.15) is 12.7 Å². The number of carbonyl (C=O) groups excluding carboxylic acids is 1. The number of anilines is 1. The number of benzene rings is 2. The van der Waals surface area contributed by atoms with Crippen LogP contribution in [-0.4, -0.2) is 35.3 Å². The summed E-state index contributed by atoms with van der Waals surface area (Å²) < 4.78 is 25.0. The van der Waals surface area contributed by atoms with E-state index in [2.05, 4.69) is 15.4 Å². The molecule has 3 rings (SSSR count). The van der Waals surface area contributed by atoms with Crippen molar-refractivity contribution in [1.82, 2.24) is 14.8 Å². The minimum atomic E-state index is -3.37. The Bertz CT molecular complexity index is 1010. The zero-order chi connectivity index (χ0) is 18.0. The third kappa shape index (κ3) is 3.74. The molecule has 0 spiro atoms. The molecule has 1 N–H and O–H groups in total. The average Bonchev–Trinajstić information content (AvgIpc) is 3.09. The van der Waals surface area contributed by atoms with Gasteiger partial charge < -0.3 is 5.32 Å². The van der Waals surface area contributed by atoms with Gasteiger partial charge >= 0.3 is 0 Å². The molecule has 25 heavy (non-hydrogen) atoms. The Balaban J connectivity index is 1.83. The van der Waals surface area contributed by atoms with Crippen molar-refractivity contribution < 1.29 is 13.2 Å². The molecule has 0 aliphatic heterocycles. The maximum absolute atomic E-state index is 12.5. The van der Waals surface area contributed by atoms with E-state index < -0.39 is 9.84 Å². The zero-order valence-corrected chi connectivity index (χ0v) is 14.5. The molecule has 0 aliphatic carbocycles. The molecule has 8 heteroatoms. The van der Waals surface area contributed by atoms with Crippen LogP contribution in [0.1, 0.15) is 15.9 Å². The monoisotopic (exact) mass is 356 g/mol. The van der Waals surface area contributed by atoms with Gasteiger partial charge in [0.2, 0.25) is 0 Å². The Morgan fingerprint density at radius 3 is 2.44 bits per heavy atom. The van der Waals surface area contributed by atoms with E-state index in [4.69, 9.17) is 0 Å². The van der Waals surface area contributed by atoms with E-state index >= 15 is 0 Å². The van der Waals surface area contributed by atoms with Crippen LogP contribution in [0, 0.1) is 6.92 Å². The van der Waals surface area contributed by atoms with E-state index in [0.29, 0.717) is 16.8 Å². The molecule has 0 saturated carbocycles. The van der Waals surface area contributed by atoms with Gasteiger partial charge in [-0.3, -0.25) is 4.79 Å². The largest absolute Gasteiger partial charge is 0.322 e. The first-order valence-electron chi connectivity index (χ1n) is 7.42. The summed E-state index contributed by atoms with van der Waals surface area (Å²) in [4.78, 5) is 16.5. The van der Waals surface area contributed by atoms with Gasteiger partial charge in [0.15, 0.2) is 9.84 Å². The van der Waals surface area contributed by atoms with Gasteiger partial charge in [0.05, 0.1) is 10.6 Å². The Morgan fingerprint density at radius 2 is 1.84 bits per heavy atom. The molecule has 7 nitrogen and oxygen atoms in total. The Kier molecular flexibility index (Phi) is 4.37. The summed E-state index contributed by atoms with van der Waals surface area (Å²) in [6.45, 7) is 1.76. The predicted octanol–water partition coefficient (Wildman–Crippen LogP) is 2.23. The second-order valence-corrected chi connectivity index (χ2v) is 7.61. The molecule has 0 atom stereocenters. The molecule has 128 valence electrons. The van der Waals surface area contributed by atoms with E-state index in [1.807, 2.05) is 0 Å². The van der Waals surface area contributed by atoms with Gasteiger partial charge in [-0.2, -0.15) is 5.10 Å². The fourth-order valence-corrected chi connectivity index (χ4v) is 2.96. The maximum atomic E-state index is 12.5. The Hall–Kier alpha value is -3.00. The Labute approximate surface area is 145 Å². The van der Waals surface area contributed by atoms with E-state index in [9.17, 15) is 13.2 Å². The fraction of sp³-hybridized carbons (Fsp3) is 0.118. The number of rotatable bonds is 4. The second-order valence-electron chi connectivity index (χ2n) is 5.59. The van der Waals surface area contributed by atoms with Gasteiger partial charge in [-0.15, -0.1) is 0 Å². The van der Waals surface area contributed by atoms with E-state index in [1.165, 1.54) is 18.5 Å². The van der Waals surface area contributed by atoms with E-state index in [1.54, 1.807) is 48.3 Å². The molecule has 3 aromatic rings. The van der Waals surface area contributed by atoms with Crippen LogP contribution in [0.2, 0.25) is 0 Å². The molecule has 0 saturated heterocycles. The fourth-order valence-electron chi connectivity index (χ4n) is 2.31. The molecule has 0 aliphatic rings. The van der Waals surface area contributed by atoms with Crippen LogP contribution in [-0.2, 0) is 9.84 Å². The lowest BCUT2D eigenvalue weighted by Gasteiger charge is -2.10. The number of amides is 1. The van der Waals surface area contributed by atoms with Gasteiger partial charge in [-0.25, -0.2) is 18.1 Å². The van der Waals surface area contributed by atoms with Crippen molar-refractivity contribution in [3.63, 3.8) is 0 Å². The van der Waals surface area contributed by atoms with Crippen LogP contribution in [0.5, 0.6) is 0 Å². The molecule has 0 radical (unpaired) electrons. The highest BCUT2D eigenvalue weighted by molar-refractivity contribution is 7.90. The van der Waals surface area contributed by atoms with Gasteiger partial charge in [0, 0.05) is 17.5 Å². The minimum Gasteiger partial charge on any atom is -0.322 e. The normalized spacial score (nSPS) is 11.3. The summed E-state index contributed by atoms with van der Waals surface area (Å²) in [6.07, 6.45) is 4.13. The number of aromatic nitrogens is 3. The first-order chi connectivity index (χ1) is 11.8. The number of hydrogen-bond acceptors (Lipinski definition) is 5. The SMILES string of the molecule is Cc1ccc(S(C)(=O)=O)cc1C(=O)Nc1ccc(-n2cncn2)cc1. The molecule has 1 aromatic heterocycles. The standard InChI is InChI=1S/C17H16N4O3S/c1-12-3-8-15(25(2,23)24)9-16(12)17(22)20-13-4-6-14(7-5-13)21-11-18-10-19-21/h3-11H,1-2H3,(H,20,22). The van der Waals surface area contributed by atoms with Crippen molar-refractivity contribution in [3.05, 3.63) is 66.2 Å².